The van der Waals surface area contributed by atoms with Crippen LogP contribution in [0.5, 0.6) is 0 Å². The Hall–Kier alpha value is -3.56. The van der Waals surface area contributed by atoms with E-state index < -0.39 is 0 Å². The van der Waals surface area contributed by atoms with E-state index in [9.17, 15) is 0 Å². The van der Waals surface area contributed by atoms with Crippen molar-refractivity contribution in [1.82, 2.24) is 0 Å². The molecular formula is C46H69N6S2+3. The molecule has 0 aliphatic carbocycles. The van der Waals surface area contributed by atoms with Gasteiger partial charge in [0.15, 0.2) is 12.4 Å². The van der Waals surface area contributed by atoms with Gasteiger partial charge in [-0.05, 0) is 65.4 Å². The summed E-state index contributed by atoms with van der Waals surface area (Å²) in [4.78, 5) is 8.86. The summed E-state index contributed by atoms with van der Waals surface area (Å²) < 4.78 is 4.48. The summed E-state index contributed by atoms with van der Waals surface area (Å²) in [5.74, 6) is 2.40. The molecule has 54 heavy (non-hydrogen) atoms. The number of rotatable bonds is 25. The van der Waals surface area contributed by atoms with E-state index in [2.05, 4.69) is 180 Å². The number of hydrogen-bond acceptors (Lipinski definition) is 5. The molecule has 1 heterocycles. The third-order valence-electron chi connectivity index (χ3n) is 9.65. The lowest BCUT2D eigenvalue weighted by Gasteiger charge is -2.30. The average Bonchev–Trinajstić information content (AvgIpc) is 3.15. The van der Waals surface area contributed by atoms with E-state index in [0.29, 0.717) is 0 Å². The molecule has 8 heteroatoms. The molecule has 6 nitrogen and oxygen atoms in total. The van der Waals surface area contributed by atoms with Gasteiger partial charge in [-0.1, -0.05) is 82.8 Å². The van der Waals surface area contributed by atoms with Crippen LogP contribution >= 0.6 is 21.6 Å². The van der Waals surface area contributed by atoms with Crippen molar-refractivity contribution in [2.24, 2.45) is 4.99 Å². The fourth-order valence-electron chi connectivity index (χ4n) is 5.77. The van der Waals surface area contributed by atoms with Crippen LogP contribution in [0.4, 0.5) is 11.4 Å². The zero-order valence-electron chi connectivity index (χ0n) is 34.7. The maximum atomic E-state index is 4.63. The summed E-state index contributed by atoms with van der Waals surface area (Å²) in [6.07, 6.45) is 23.6. The Morgan fingerprint density at radius 1 is 0.648 bits per heavy atom. The van der Waals surface area contributed by atoms with Crippen LogP contribution in [0.25, 0.3) is 18.2 Å². The van der Waals surface area contributed by atoms with E-state index >= 15 is 0 Å². The van der Waals surface area contributed by atoms with Crippen LogP contribution in [0, 0.1) is 0 Å². The molecule has 0 unspecified atom stereocenters. The maximum Gasteiger partial charge on any atom is 0.169 e. The summed E-state index contributed by atoms with van der Waals surface area (Å²) in [7, 11) is 21.8. The van der Waals surface area contributed by atoms with Gasteiger partial charge in [0, 0.05) is 77.3 Å². The Bertz CT molecular complexity index is 1620. The Morgan fingerprint density at radius 2 is 1.13 bits per heavy atom. The van der Waals surface area contributed by atoms with Crippen molar-refractivity contribution in [2.75, 3.05) is 110 Å². The number of allylic oxidation sites excluding steroid dienone is 4. The number of hydrogen-bond donors (Lipinski definition) is 0. The zero-order valence-corrected chi connectivity index (χ0v) is 36.3. The van der Waals surface area contributed by atoms with Crippen molar-refractivity contribution in [1.29, 1.82) is 0 Å². The van der Waals surface area contributed by atoms with Gasteiger partial charge in [-0.3, -0.25) is 4.99 Å². The zero-order chi connectivity index (χ0) is 39.2. The Kier molecular flexibility index (Phi) is 20.0. The number of nitrogens with zero attached hydrogens (tertiary/aromatic N) is 6. The third-order valence-corrected chi connectivity index (χ3v) is 12.0. The van der Waals surface area contributed by atoms with Gasteiger partial charge in [-0.2, -0.15) is 0 Å². The van der Waals surface area contributed by atoms with Crippen molar-refractivity contribution >= 4 is 57.4 Å². The molecule has 292 valence electrons. The first-order valence-corrected chi connectivity index (χ1v) is 22.0. The van der Waals surface area contributed by atoms with Gasteiger partial charge in [0.2, 0.25) is 0 Å². The molecule has 1 aromatic heterocycles. The molecule has 0 saturated carbocycles. The first kappa shape index (κ1) is 44.8. The molecule has 0 radical (unpaired) electrons. The average molecular weight is 770 g/mol. The van der Waals surface area contributed by atoms with E-state index in [1.807, 2.05) is 40.0 Å². The van der Waals surface area contributed by atoms with Gasteiger partial charge >= 0.3 is 0 Å². The van der Waals surface area contributed by atoms with E-state index in [4.69, 9.17) is 0 Å². The van der Waals surface area contributed by atoms with Gasteiger partial charge in [-0.15, -0.1) is 0 Å². The molecule has 3 rings (SSSR count). The number of aryl methyl sites for hydroxylation is 1. The smallest absolute Gasteiger partial charge is 0.169 e. The van der Waals surface area contributed by atoms with E-state index in [1.54, 1.807) is 0 Å². The van der Waals surface area contributed by atoms with E-state index in [0.717, 1.165) is 34.0 Å². The highest BCUT2D eigenvalue weighted by Crippen LogP contribution is 2.23. The van der Waals surface area contributed by atoms with Crippen molar-refractivity contribution in [3.05, 3.63) is 120 Å². The Balaban J connectivity index is 1.21. The highest BCUT2D eigenvalue weighted by Gasteiger charge is 2.16. The number of benzene rings is 2. The number of aromatic nitrogens is 1. The fraction of sp³-hybridized carbons (Fsp3) is 0.435. The normalized spacial score (nSPS) is 12.7. The van der Waals surface area contributed by atoms with E-state index in [-0.39, 0.29) is 0 Å². The lowest BCUT2D eigenvalue weighted by molar-refractivity contribution is -0.888. The van der Waals surface area contributed by atoms with Gasteiger partial charge < -0.3 is 18.8 Å². The molecule has 0 N–H and O–H groups in total. The lowest BCUT2D eigenvalue weighted by Crippen LogP contribution is -2.43. The SMILES string of the molecule is C=CC(/C=C/c1ccc(N(C)C)cc1)=C\C=NCCCC[N+](C)(C)CCSSCC[N+](C)(C)CCCC[n+]1ccc(/C=C/c2ccc(N(C)C)cc2)cc1. The molecule has 0 amide bonds. The molecule has 3 aromatic rings. The standard InChI is InChI=1S/C46H69N6S2/c1-10-41(15-16-42-19-23-45(24-20-42)48(2)3)27-31-47-30-11-13-35-51(6,7)37-39-53-54-40-38-52(8,9)36-14-12-32-50-33-28-44(29-34-50)18-17-43-21-25-46(26-22-43)49(4)5/h10,15-29,31,33-34H,1,11-14,30,32,35-40H2,2-9H3/q+3/b16-15+,41-27+,47-31?. The summed E-state index contributed by atoms with van der Waals surface area (Å²) in [5.41, 5.74) is 7.11. The summed E-state index contributed by atoms with van der Waals surface area (Å²) in [5, 5.41) is 0. The van der Waals surface area contributed by atoms with Gasteiger partial charge in [0.25, 0.3) is 0 Å². The van der Waals surface area contributed by atoms with Crippen LogP contribution in [0.3, 0.4) is 0 Å². The number of anilines is 2. The van der Waals surface area contributed by atoms with Crippen molar-refractivity contribution in [3.63, 3.8) is 0 Å². The molecule has 0 saturated heterocycles. The predicted molar refractivity (Wildman–Crippen MR) is 245 cm³/mol. The quantitative estimate of drug-likeness (QED) is 0.0214. The molecule has 0 aliphatic heterocycles. The molecule has 0 bridgehead atoms. The second-order valence-corrected chi connectivity index (χ2v) is 18.5. The minimum Gasteiger partial charge on any atom is -0.378 e. The number of aliphatic imine (C=N–C) groups is 1. The van der Waals surface area contributed by atoms with Crippen molar-refractivity contribution < 1.29 is 13.5 Å². The number of unbranched alkanes of at least 4 members (excludes halogenated alkanes) is 2. The second-order valence-electron chi connectivity index (χ2n) is 15.8. The van der Waals surface area contributed by atoms with Crippen LogP contribution in [0.15, 0.2) is 108 Å². The van der Waals surface area contributed by atoms with Gasteiger partial charge in [0.05, 0.1) is 65.9 Å². The van der Waals surface area contributed by atoms with Gasteiger partial charge in [0.1, 0.15) is 6.54 Å². The maximum absolute atomic E-state index is 4.63. The minimum atomic E-state index is 0.868. The van der Waals surface area contributed by atoms with Crippen LogP contribution in [0.1, 0.15) is 42.4 Å². The number of quaternary nitrogens is 2. The summed E-state index contributed by atoms with van der Waals surface area (Å²) in [6.45, 7) is 10.7. The topological polar surface area (TPSA) is 22.7 Å². The largest absolute Gasteiger partial charge is 0.378 e. The Morgan fingerprint density at radius 3 is 1.63 bits per heavy atom. The second kappa shape index (κ2) is 24.1. The minimum absolute atomic E-state index is 0.868. The van der Waals surface area contributed by atoms with Crippen LogP contribution in [0.2, 0.25) is 0 Å². The predicted octanol–water partition coefficient (Wildman–Crippen LogP) is 9.27. The molecule has 0 spiro atoms. The van der Waals surface area contributed by atoms with Crippen LogP contribution in [-0.4, -0.2) is 116 Å². The highest BCUT2D eigenvalue weighted by atomic mass is 33.1. The molecule has 0 aliphatic rings. The van der Waals surface area contributed by atoms with Gasteiger partial charge in [-0.25, -0.2) is 4.57 Å². The van der Waals surface area contributed by atoms with Crippen LogP contribution < -0.4 is 14.4 Å². The molecule has 0 fully saturated rings. The highest BCUT2D eigenvalue weighted by molar-refractivity contribution is 8.76. The lowest BCUT2D eigenvalue weighted by atomic mass is 10.1. The van der Waals surface area contributed by atoms with Crippen molar-refractivity contribution in [3.8, 4) is 0 Å². The Labute approximate surface area is 337 Å². The first-order chi connectivity index (χ1) is 25.9. The van der Waals surface area contributed by atoms with E-state index in [1.165, 1.54) is 85.0 Å². The summed E-state index contributed by atoms with van der Waals surface area (Å²) in [6, 6.07) is 21.6. The molecule has 2 aromatic carbocycles. The van der Waals surface area contributed by atoms with Crippen molar-refractivity contribution in [2.45, 2.75) is 32.2 Å². The summed E-state index contributed by atoms with van der Waals surface area (Å²) >= 11 is 0. The monoisotopic (exact) mass is 770 g/mol. The molecular weight excluding hydrogens is 701 g/mol. The third kappa shape index (κ3) is 18.7. The van der Waals surface area contributed by atoms with Crippen LogP contribution in [-0.2, 0) is 6.54 Å². The molecule has 0 atom stereocenters. The fourth-order valence-corrected chi connectivity index (χ4v) is 8.30. The number of pyridine rings is 1. The first-order valence-electron chi connectivity index (χ1n) is 19.5.